The van der Waals surface area contributed by atoms with Gasteiger partial charge in [-0.2, -0.15) is 0 Å². The zero-order valence-corrected chi connectivity index (χ0v) is 13.3. The van der Waals surface area contributed by atoms with Crippen LogP contribution >= 0.6 is 0 Å². The van der Waals surface area contributed by atoms with E-state index in [2.05, 4.69) is 0 Å². The number of rotatable bonds is 4. The average Bonchev–Trinajstić information content (AvgIpc) is 2.61. The fraction of sp³-hybridized carbons (Fsp3) is 0.0500. The summed E-state index contributed by atoms with van der Waals surface area (Å²) in [7, 11) is 0. The molecule has 0 heterocycles. The molecule has 2 N–H and O–H groups in total. The summed E-state index contributed by atoms with van der Waals surface area (Å²) in [6.07, 6.45) is -0.0111. The maximum Gasteiger partial charge on any atom is 0.345 e. The summed E-state index contributed by atoms with van der Waals surface area (Å²) in [5.74, 6) is -2.12. The van der Waals surface area contributed by atoms with Crippen LogP contribution in [-0.4, -0.2) is 17.8 Å². The molecule has 0 saturated heterocycles. The Morgan fingerprint density at radius 2 is 1.56 bits per heavy atom. The normalized spacial score (nSPS) is 10.4. The Morgan fingerprint density at radius 1 is 0.880 bits per heavy atom. The lowest BCUT2D eigenvalue weighted by molar-refractivity contribution is -0.137. The number of nitrogens with two attached hydrogens (primary N) is 1. The van der Waals surface area contributed by atoms with Crippen LogP contribution in [0.2, 0.25) is 0 Å². The molecule has 0 aromatic heterocycles. The Balaban J connectivity index is 1.84. The molecule has 0 saturated carbocycles. The van der Waals surface area contributed by atoms with Gasteiger partial charge in [-0.3, -0.25) is 9.59 Å². The second-order valence-corrected chi connectivity index (χ2v) is 5.53. The summed E-state index contributed by atoms with van der Waals surface area (Å²) in [4.78, 5) is 35.9. The van der Waals surface area contributed by atoms with Crippen molar-refractivity contribution in [3.63, 3.8) is 0 Å². The van der Waals surface area contributed by atoms with Gasteiger partial charge in [0.15, 0.2) is 0 Å². The maximum absolute atomic E-state index is 12.3. The molecule has 3 aromatic rings. The van der Waals surface area contributed by atoms with E-state index in [4.69, 9.17) is 10.5 Å². The lowest BCUT2D eigenvalue weighted by atomic mass is 10.0. The quantitative estimate of drug-likeness (QED) is 0.587. The van der Waals surface area contributed by atoms with Gasteiger partial charge in [-0.25, -0.2) is 4.79 Å². The van der Waals surface area contributed by atoms with Crippen LogP contribution in [0.15, 0.2) is 66.7 Å². The van der Waals surface area contributed by atoms with Crippen molar-refractivity contribution in [1.29, 1.82) is 0 Å². The van der Waals surface area contributed by atoms with Crippen molar-refractivity contribution in [2.24, 2.45) is 5.73 Å². The van der Waals surface area contributed by atoms with E-state index in [-0.39, 0.29) is 17.5 Å². The largest absolute Gasteiger partial charge is 0.389 e. The molecule has 1 amide bonds. The number of carbonyl (C=O) groups excluding carboxylic acids is 3. The predicted octanol–water partition coefficient (Wildman–Crippen LogP) is 2.86. The summed E-state index contributed by atoms with van der Waals surface area (Å²) in [6, 6.07) is 18.9. The van der Waals surface area contributed by atoms with Crippen molar-refractivity contribution in [2.45, 2.75) is 6.42 Å². The Hall–Kier alpha value is -3.47. The minimum absolute atomic E-state index is 0.0111. The highest BCUT2D eigenvalue weighted by atomic mass is 16.6. The molecule has 5 nitrogen and oxygen atoms in total. The van der Waals surface area contributed by atoms with Crippen LogP contribution in [0.4, 0.5) is 0 Å². The summed E-state index contributed by atoms with van der Waals surface area (Å²) in [5, 5.41) is 1.31. The third-order valence-corrected chi connectivity index (χ3v) is 3.76. The molecule has 0 atom stereocenters. The van der Waals surface area contributed by atoms with Gasteiger partial charge < -0.3 is 10.5 Å². The van der Waals surface area contributed by atoms with E-state index in [0.717, 1.165) is 5.56 Å². The molecule has 25 heavy (non-hydrogen) atoms. The van der Waals surface area contributed by atoms with Crippen LogP contribution in [-0.2, 0) is 16.0 Å². The minimum Gasteiger partial charge on any atom is -0.389 e. The number of hydrogen-bond donors (Lipinski definition) is 1. The molecule has 0 radical (unpaired) electrons. The highest BCUT2D eigenvalue weighted by Gasteiger charge is 2.17. The number of fused-ring (bicyclic) bond motifs is 1. The topological polar surface area (TPSA) is 86.5 Å². The summed E-state index contributed by atoms with van der Waals surface area (Å²) in [5.41, 5.74) is 6.46. The number of hydrogen-bond acceptors (Lipinski definition) is 4. The molecule has 0 aliphatic heterocycles. The molecular formula is C20H15NO4. The SMILES string of the molecule is NC(=O)c1cc(C(=O)OC(=O)Cc2ccccc2)cc2ccccc12. The Bertz CT molecular complexity index is 964. The van der Waals surface area contributed by atoms with Crippen LogP contribution in [0, 0.1) is 0 Å². The molecule has 0 aliphatic rings. The van der Waals surface area contributed by atoms with Gasteiger partial charge in [-0.05, 0) is 28.5 Å². The molecule has 0 bridgehead atoms. The highest BCUT2D eigenvalue weighted by Crippen LogP contribution is 2.21. The standard InChI is InChI=1S/C20H15NO4/c21-19(23)17-12-15(11-14-8-4-5-9-16(14)17)20(24)25-18(22)10-13-6-2-1-3-7-13/h1-9,11-12H,10H2,(H2,21,23). The number of carbonyl (C=O) groups is 3. The van der Waals surface area contributed by atoms with Crippen LogP contribution in [0.1, 0.15) is 26.3 Å². The van der Waals surface area contributed by atoms with Gasteiger partial charge in [0, 0.05) is 5.56 Å². The van der Waals surface area contributed by atoms with Gasteiger partial charge in [-0.1, -0.05) is 54.6 Å². The molecule has 0 fully saturated rings. The van der Waals surface area contributed by atoms with Crippen molar-refractivity contribution in [3.05, 3.63) is 83.4 Å². The molecule has 0 spiro atoms. The average molecular weight is 333 g/mol. The van der Waals surface area contributed by atoms with Crippen LogP contribution in [0.25, 0.3) is 10.8 Å². The van der Waals surface area contributed by atoms with E-state index in [1.807, 2.05) is 6.07 Å². The Kier molecular flexibility index (Phi) is 4.57. The number of benzene rings is 3. The monoisotopic (exact) mass is 333 g/mol. The van der Waals surface area contributed by atoms with Gasteiger partial charge in [-0.15, -0.1) is 0 Å². The number of esters is 2. The van der Waals surface area contributed by atoms with E-state index in [0.29, 0.717) is 10.8 Å². The van der Waals surface area contributed by atoms with Crippen molar-refractivity contribution in [2.75, 3.05) is 0 Å². The first-order valence-electron chi connectivity index (χ1n) is 7.66. The molecular weight excluding hydrogens is 318 g/mol. The van der Waals surface area contributed by atoms with Crippen molar-refractivity contribution < 1.29 is 19.1 Å². The molecule has 5 heteroatoms. The molecule has 3 rings (SSSR count). The third-order valence-electron chi connectivity index (χ3n) is 3.76. The van der Waals surface area contributed by atoms with Gasteiger partial charge >= 0.3 is 11.9 Å². The van der Waals surface area contributed by atoms with Crippen LogP contribution < -0.4 is 5.73 Å². The molecule has 3 aromatic carbocycles. The Labute approximate surface area is 144 Å². The second-order valence-electron chi connectivity index (χ2n) is 5.53. The van der Waals surface area contributed by atoms with E-state index in [1.54, 1.807) is 54.6 Å². The fourth-order valence-electron chi connectivity index (χ4n) is 2.59. The molecule has 124 valence electrons. The lowest BCUT2D eigenvalue weighted by Gasteiger charge is -2.08. The Morgan fingerprint density at radius 3 is 2.28 bits per heavy atom. The number of primary amides is 1. The van der Waals surface area contributed by atoms with Gasteiger partial charge in [0.2, 0.25) is 5.91 Å². The van der Waals surface area contributed by atoms with Gasteiger partial charge in [0.05, 0.1) is 12.0 Å². The second kappa shape index (κ2) is 6.97. The zero-order valence-electron chi connectivity index (χ0n) is 13.3. The van der Waals surface area contributed by atoms with Gasteiger partial charge in [0.25, 0.3) is 0 Å². The van der Waals surface area contributed by atoms with E-state index in [9.17, 15) is 14.4 Å². The molecule has 0 aliphatic carbocycles. The van der Waals surface area contributed by atoms with Crippen molar-refractivity contribution in [3.8, 4) is 0 Å². The maximum atomic E-state index is 12.3. The first-order chi connectivity index (χ1) is 12.0. The minimum atomic E-state index is -0.811. The summed E-state index contributed by atoms with van der Waals surface area (Å²) < 4.78 is 4.89. The lowest BCUT2D eigenvalue weighted by Crippen LogP contribution is -2.17. The van der Waals surface area contributed by atoms with E-state index in [1.165, 1.54) is 6.07 Å². The van der Waals surface area contributed by atoms with Crippen LogP contribution in [0.5, 0.6) is 0 Å². The van der Waals surface area contributed by atoms with Gasteiger partial charge in [0.1, 0.15) is 0 Å². The first-order valence-corrected chi connectivity index (χ1v) is 7.66. The summed E-state index contributed by atoms with van der Waals surface area (Å²) >= 11 is 0. The number of ether oxygens (including phenoxy) is 1. The number of amides is 1. The highest BCUT2D eigenvalue weighted by molar-refractivity contribution is 6.10. The first kappa shape index (κ1) is 16.4. The summed E-state index contributed by atoms with van der Waals surface area (Å²) in [6.45, 7) is 0. The van der Waals surface area contributed by atoms with Crippen molar-refractivity contribution in [1.82, 2.24) is 0 Å². The fourth-order valence-corrected chi connectivity index (χ4v) is 2.59. The third kappa shape index (κ3) is 3.72. The molecule has 0 unspecified atom stereocenters. The van der Waals surface area contributed by atoms with Crippen LogP contribution in [0.3, 0.4) is 0 Å². The van der Waals surface area contributed by atoms with Crippen molar-refractivity contribution >= 4 is 28.6 Å². The van der Waals surface area contributed by atoms with E-state index >= 15 is 0 Å². The smallest absolute Gasteiger partial charge is 0.345 e. The predicted molar refractivity (Wildman–Crippen MR) is 93.0 cm³/mol. The van der Waals surface area contributed by atoms with E-state index < -0.39 is 17.8 Å². The zero-order chi connectivity index (χ0) is 17.8.